The van der Waals surface area contributed by atoms with Crippen molar-refractivity contribution in [1.29, 1.82) is 0 Å². The van der Waals surface area contributed by atoms with Crippen molar-refractivity contribution in [3.8, 4) is 5.75 Å². The molecule has 1 aliphatic rings. The normalized spacial score (nSPS) is 22.7. The van der Waals surface area contributed by atoms with Crippen molar-refractivity contribution in [3.63, 3.8) is 0 Å². The number of carboxylic acid groups (broad SMARTS) is 1. The lowest BCUT2D eigenvalue weighted by Crippen LogP contribution is -2.49. The number of rotatable bonds is 2. The summed E-state index contributed by atoms with van der Waals surface area (Å²) in [6.45, 7) is 2.22. The fraction of sp³-hybridized carbons (Fsp3) is 0.462. The lowest BCUT2D eigenvalue weighted by molar-refractivity contribution is 0.00707. The smallest absolute Gasteiger partial charge is 0.407 e. The molecule has 0 radical (unpaired) electrons. The third kappa shape index (κ3) is 3.56. The van der Waals surface area contributed by atoms with Crippen molar-refractivity contribution in [2.75, 3.05) is 13.1 Å². The maximum Gasteiger partial charge on any atom is 0.407 e. The molecule has 0 saturated carbocycles. The zero-order valence-electron chi connectivity index (χ0n) is 10.8. The van der Waals surface area contributed by atoms with Crippen molar-refractivity contribution in [1.82, 2.24) is 4.90 Å². The zero-order valence-corrected chi connectivity index (χ0v) is 13.2. The molecule has 7 heteroatoms. The van der Waals surface area contributed by atoms with E-state index in [1.807, 2.05) is 6.92 Å². The highest BCUT2D eigenvalue weighted by atomic mass is 79.9. The lowest BCUT2D eigenvalue weighted by atomic mass is 10.1. The average Bonchev–Trinajstić information content (AvgIpc) is 2.33. The Morgan fingerprint density at radius 3 is 2.80 bits per heavy atom. The number of carbonyl (C=O) groups is 1. The first kappa shape index (κ1) is 15.4. The van der Waals surface area contributed by atoms with Gasteiger partial charge >= 0.3 is 6.09 Å². The summed E-state index contributed by atoms with van der Waals surface area (Å²) in [5.41, 5.74) is 0.853. The van der Waals surface area contributed by atoms with Crippen LogP contribution in [0.1, 0.15) is 12.0 Å². The van der Waals surface area contributed by atoms with Crippen LogP contribution < -0.4 is 4.74 Å². The van der Waals surface area contributed by atoms with Gasteiger partial charge in [-0.3, -0.25) is 0 Å². The Bertz CT molecular complexity index is 502. The molecule has 1 aromatic carbocycles. The minimum Gasteiger partial charge on any atom is -0.487 e. The molecule has 20 heavy (non-hydrogen) atoms. The van der Waals surface area contributed by atoms with Crippen LogP contribution in [0.25, 0.3) is 0 Å². The van der Waals surface area contributed by atoms with Crippen molar-refractivity contribution in [3.05, 3.63) is 27.2 Å². The van der Waals surface area contributed by atoms with E-state index in [0.29, 0.717) is 21.7 Å². The molecule has 1 saturated heterocycles. The number of ether oxygens (including phenoxy) is 1. The molecule has 2 rings (SSSR count). The number of benzene rings is 1. The second-order valence-corrected chi connectivity index (χ2v) is 6.14. The topological polar surface area (TPSA) is 70.0 Å². The van der Waals surface area contributed by atoms with Gasteiger partial charge in [0, 0.05) is 11.4 Å². The Labute approximate surface area is 130 Å². The number of piperidine rings is 1. The van der Waals surface area contributed by atoms with Crippen LogP contribution in [0, 0.1) is 6.92 Å². The first-order chi connectivity index (χ1) is 9.36. The monoisotopic (exact) mass is 363 g/mol. The van der Waals surface area contributed by atoms with Gasteiger partial charge in [0.2, 0.25) is 0 Å². The number of aliphatic hydroxyl groups is 1. The first-order valence-corrected chi connectivity index (χ1v) is 7.32. The van der Waals surface area contributed by atoms with Crippen molar-refractivity contribution in [2.24, 2.45) is 0 Å². The SMILES string of the molecule is Cc1cc(Cl)cc(Br)c1O[C@H]1C[C@@H](O)CN(C(=O)O)C1. The molecule has 1 aromatic rings. The van der Waals surface area contributed by atoms with Gasteiger partial charge in [-0.05, 0) is 40.5 Å². The molecule has 1 amide bonds. The number of halogens is 2. The number of amides is 1. The van der Waals surface area contributed by atoms with Gasteiger partial charge in [0.1, 0.15) is 11.9 Å². The van der Waals surface area contributed by atoms with Gasteiger partial charge in [-0.1, -0.05) is 11.6 Å². The molecular weight excluding hydrogens is 350 g/mol. The van der Waals surface area contributed by atoms with E-state index in [2.05, 4.69) is 15.9 Å². The minimum atomic E-state index is -1.05. The molecule has 2 atom stereocenters. The molecule has 0 bridgehead atoms. The van der Waals surface area contributed by atoms with Crippen molar-refractivity contribution < 1.29 is 19.7 Å². The van der Waals surface area contributed by atoms with E-state index < -0.39 is 12.2 Å². The summed E-state index contributed by atoms with van der Waals surface area (Å²) >= 11 is 9.32. The third-order valence-corrected chi connectivity index (χ3v) is 3.95. The quantitative estimate of drug-likeness (QED) is 0.846. The van der Waals surface area contributed by atoms with E-state index in [1.54, 1.807) is 12.1 Å². The van der Waals surface area contributed by atoms with Crippen molar-refractivity contribution >= 4 is 33.6 Å². The number of hydrogen-bond acceptors (Lipinski definition) is 3. The first-order valence-electron chi connectivity index (χ1n) is 6.15. The molecule has 0 aliphatic carbocycles. The molecule has 0 unspecified atom stereocenters. The Hall–Kier alpha value is -0.980. The van der Waals surface area contributed by atoms with Crippen LogP contribution in [0.4, 0.5) is 4.79 Å². The van der Waals surface area contributed by atoms with Crippen LogP contribution >= 0.6 is 27.5 Å². The standard InChI is InChI=1S/C13H15BrClNO4/c1-7-2-8(15)3-11(14)12(7)20-10-4-9(17)5-16(6-10)13(18)19/h2-3,9-10,17H,4-6H2,1H3,(H,18,19)/t9-,10+/m1/s1. The average molecular weight is 365 g/mol. The molecule has 1 fully saturated rings. The van der Waals surface area contributed by atoms with Gasteiger partial charge < -0.3 is 19.8 Å². The summed E-state index contributed by atoms with van der Waals surface area (Å²) in [6.07, 6.45) is -1.75. The van der Waals surface area contributed by atoms with Crippen LogP contribution in [0.5, 0.6) is 5.75 Å². The minimum absolute atomic E-state index is 0.121. The summed E-state index contributed by atoms with van der Waals surface area (Å²) in [6, 6.07) is 3.49. The van der Waals surface area contributed by atoms with E-state index in [4.69, 9.17) is 21.4 Å². The number of likely N-dealkylation sites (tertiary alicyclic amines) is 1. The molecule has 110 valence electrons. The molecular formula is C13H15BrClNO4. The highest BCUT2D eigenvalue weighted by Gasteiger charge is 2.30. The second kappa shape index (κ2) is 6.20. The van der Waals surface area contributed by atoms with E-state index in [9.17, 15) is 9.90 Å². The highest BCUT2D eigenvalue weighted by Crippen LogP contribution is 2.33. The Morgan fingerprint density at radius 2 is 2.20 bits per heavy atom. The number of aryl methyl sites for hydroxylation is 1. The number of hydrogen-bond donors (Lipinski definition) is 2. The molecule has 2 N–H and O–H groups in total. The van der Waals surface area contributed by atoms with Gasteiger partial charge in [-0.25, -0.2) is 4.79 Å². The van der Waals surface area contributed by atoms with Crippen LogP contribution in [0.2, 0.25) is 5.02 Å². The molecule has 5 nitrogen and oxygen atoms in total. The highest BCUT2D eigenvalue weighted by molar-refractivity contribution is 9.10. The number of β-amino-alcohol motifs (C(OH)–C–C–N with tert-alkyl or cyclic N) is 1. The van der Waals surface area contributed by atoms with Crippen molar-refractivity contribution in [2.45, 2.75) is 25.6 Å². The predicted molar refractivity (Wildman–Crippen MR) is 78.5 cm³/mol. The van der Waals surface area contributed by atoms with E-state index in [1.165, 1.54) is 0 Å². The maximum absolute atomic E-state index is 11.0. The molecule has 1 aliphatic heterocycles. The Kier molecular flexibility index (Phi) is 4.78. The summed E-state index contributed by atoms with van der Waals surface area (Å²) < 4.78 is 6.56. The van der Waals surface area contributed by atoms with E-state index in [0.717, 1.165) is 10.5 Å². The largest absolute Gasteiger partial charge is 0.487 e. The van der Waals surface area contributed by atoms with Crippen LogP contribution in [0.15, 0.2) is 16.6 Å². The zero-order chi connectivity index (χ0) is 14.9. The number of aliphatic hydroxyl groups excluding tert-OH is 1. The summed E-state index contributed by atoms with van der Waals surface area (Å²) in [5, 5.41) is 19.4. The summed E-state index contributed by atoms with van der Waals surface area (Å²) in [4.78, 5) is 12.2. The lowest BCUT2D eigenvalue weighted by Gasteiger charge is -2.34. The van der Waals surface area contributed by atoms with E-state index >= 15 is 0 Å². The van der Waals surface area contributed by atoms with Gasteiger partial charge in [-0.2, -0.15) is 0 Å². The van der Waals surface area contributed by atoms with Gasteiger partial charge in [-0.15, -0.1) is 0 Å². The van der Waals surface area contributed by atoms with E-state index in [-0.39, 0.29) is 19.2 Å². The Balaban J connectivity index is 2.15. The maximum atomic E-state index is 11.0. The van der Waals surface area contributed by atoms with Crippen LogP contribution in [-0.2, 0) is 0 Å². The fourth-order valence-corrected chi connectivity index (χ4v) is 3.33. The number of nitrogens with zero attached hydrogens (tertiary/aromatic N) is 1. The van der Waals surface area contributed by atoms with Crippen LogP contribution in [-0.4, -0.2) is 46.5 Å². The third-order valence-electron chi connectivity index (χ3n) is 3.14. The van der Waals surface area contributed by atoms with Gasteiger partial charge in [0.25, 0.3) is 0 Å². The molecule has 1 heterocycles. The predicted octanol–water partition coefficient (Wildman–Crippen LogP) is 2.90. The summed E-state index contributed by atoms with van der Waals surface area (Å²) in [7, 11) is 0. The second-order valence-electron chi connectivity index (χ2n) is 4.85. The fourth-order valence-electron chi connectivity index (χ4n) is 2.27. The van der Waals surface area contributed by atoms with Crippen LogP contribution in [0.3, 0.4) is 0 Å². The molecule has 0 aromatic heterocycles. The van der Waals surface area contributed by atoms with Gasteiger partial charge in [0.05, 0.1) is 23.7 Å². The molecule has 0 spiro atoms. The summed E-state index contributed by atoms with van der Waals surface area (Å²) in [5.74, 6) is 0.624. The Morgan fingerprint density at radius 1 is 1.50 bits per heavy atom. The van der Waals surface area contributed by atoms with Gasteiger partial charge in [0.15, 0.2) is 0 Å².